The summed E-state index contributed by atoms with van der Waals surface area (Å²) in [6, 6.07) is 12.8. The van der Waals surface area contributed by atoms with Gasteiger partial charge < -0.3 is 5.32 Å². The van der Waals surface area contributed by atoms with Crippen LogP contribution in [-0.2, 0) is 5.41 Å². The summed E-state index contributed by atoms with van der Waals surface area (Å²) in [5, 5.41) is 3.43. The van der Waals surface area contributed by atoms with Gasteiger partial charge in [0, 0.05) is 16.4 Å². The van der Waals surface area contributed by atoms with Gasteiger partial charge >= 0.3 is 0 Å². The van der Waals surface area contributed by atoms with Crippen LogP contribution in [-0.4, -0.2) is 11.5 Å². The van der Waals surface area contributed by atoms with Gasteiger partial charge in [-0.3, -0.25) is 0 Å². The van der Waals surface area contributed by atoms with Crippen LogP contribution in [0.15, 0.2) is 40.9 Å². The highest BCUT2D eigenvalue weighted by atomic mass is 79.9. The largest absolute Gasteiger partial charge is 0.369 e. The first-order chi connectivity index (χ1) is 9.38. The molecule has 2 nitrogen and oxygen atoms in total. The summed E-state index contributed by atoms with van der Waals surface area (Å²) in [6.45, 7) is 9.46. The fraction of sp³-hybridized carbons (Fsp3) is 0.353. The first-order valence-electron chi connectivity index (χ1n) is 6.83. The number of hydrogen-bond donors (Lipinski definition) is 1. The lowest BCUT2D eigenvalue weighted by atomic mass is 9.84. The highest BCUT2D eigenvalue weighted by Gasteiger charge is 2.20. The van der Waals surface area contributed by atoms with Crippen molar-refractivity contribution in [3.8, 4) is 0 Å². The van der Waals surface area contributed by atoms with Crippen molar-refractivity contribution in [3.63, 3.8) is 0 Å². The van der Waals surface area contributed by atoms with Gasteiger partial charge in [-0.2, -0.15) is 0 Å². The van der Waals surface area contributed by atoms with E-state index in [0.29, 0.717) is 0 Å². The Bertz CT molecular complexity index is 588. The van der Waals surface area contributed by atoms with Crippen LogP contribution in [0.4, 0.5) is 5.82 Å². The third-order valence-electron chi connectivity index (χ3n) is 3.57. The Morgan fingerprint density at radius 2 is 1.70 bits per heavy atom. The van der Waals surface area contributed by atoms with E-state index in [2.05, 4.69) is 71.3 Å². The molecule has 1 heterocycles. The molecule has 1 aromatic heterocycles. The highest BCUT2D eigenvalue weighted by molar-refractivity contribution is 9.10. The minimum absolute atomic E-state index is 0.0658. The van der Waals surface area contributed by atoms with Crippen LogP contribution in [0, 0.1) is 13.8 Å². The summed E-state index contributed by atoms with van der Waals surface area (Å²) in [4.78, 5) is 4.53. The lowest BCUT2D eigenvalue weighted by molar-refractivity contribution is 0.556. The van der Waals surface area contributed by atoms with Crippen LogP contribution in [0.5, 0.6) is 0 Å². The maximum Gasteiger partial charge on any atom is 0.126 e. The Morgan fingerprint density at radius 3 is 2.30 bits per heavy atom. The first kappa shape index (κ1) is 15.0. The monoisotopic (exact) mass is 332 g/mol. The number of benzene rings is 1. The van der Waals surface area contributed by atoms with Gasteiger partial charge in [-0.05, 0) is 47.5 Å². The van der Waals surface area contributed by atoms with Gasteiger partial charge in [0.15, 0.2) is 0 Å². The molecule has 0 saturated carbocycles. The van der Waals surface area contributed by atoms with Crippen LogP contribution < -0.4 is 5.32 Å². The van der Waals surface area contributed by atoms with Gasteiger partial charge in [-0.1, -0.05) is 43.7 Å². The third-order valence-corrected chi connectivity index (χ3v) is 4.40. The summed E-state index contributed by atoms with van der Waals surface area (Å²) < 4.78 is 1.04. The number of aromatic nitrogens is 1. The highest BCUT2D eigenvalue weighted by Crippen LogP contribution is 2.24. The van der Waals surface area contributed by atoms with E-state index < -0.39 is 0 Å². The molecule has 0 radical (unpaired) electrons. The second kappa shape index (κ2) is 5.96. The van der Waals surface area contributed by atoms with Crippen LogP contribution in [0.1, 0.15) is 30.7 Å². The van der Waals surface area contributed by atoms with E-state index in [1.165, 1.54) is 11.1 Å². The predicted octanol–water partition coefficient (Wildman–Crippen LogP) is 4.85. The van der Waals surface area contributed by atoms with Crippen molar-refractivity contribution in [2.24, 2.45) is 0 Å². The number of rotatable bonds is 4. The minimum Gasteiger partial charge on any atom is -0.369 e. The van der Waals surface area contributed by atoms with E-state index in [1.807, 2.05) is 19.1 Å². The van der Waals surface area contributed by atoms with Crippen molar-refractivity contribution in [2.45, 2.75) is 33.1 Å². The Hall–Kier alpha value is -1.35. The minimum atomic E-state index is 0.0658. The number of halogens is 1. The van der Waals surface area contributed by atoms with Gasteiger partial charge in [0.25, 0.3) is 0 Å². The molecule has 2 rings (SSSR count). The number of nitrogens with one attached hydrogen (secondary N) is 1. The number of aryl methyl sites for hydroxylation is 2. The molecule has 1 aromatic carbocycles. The molecule has 0 atom stereocenters. The molecular weight excluding hydrogens is 312 g/mol. The van der Waals surface area contributed by atoms with Crippen LogP contribution in [0.2, 0.25) is 0 Å². The number of pyridine rings is 1. The molecule has 1 N–H and O–H groups in total. The van der Waals surface area contributed by atoms with Crippen molar-refractivity contribution < 1.29 is 0 Å². The smallest absolute Gasteiger partial charge is 0.126 e. The molecule has 0 aliphatic carbocycles. The standard InChI is InChI=1S/C17H21BrN2/c1-12-5-7-14(8-6-12)17(3,4)11-19-16-10-9-15(18)13(2)20-16/h5-10H,11H2,1-4H3,(H,19,20). The lowest BCUT2D eigenvalue weighted by Crippen LogP contribution is -2.27. The Balaban J connectivity index is 2.08. The molecule has 0 aliphatic rings. The number of nitrogens with zero attached hydrogens (tertiary/aromatic N) is 1. The fourth-order valence-electron chi connectivity index (χ4n) is 2.06. The lowest BCUT2D eigenvalue weighted by Gasteiger charge is -2.26. The van der Waals surface area contributed by atoms with E-state index in [-0.39, 0.29) is 5.41 Å². The molecule has 0 fully saturated rings. The van der Waals surface area contributed by atoms with Gasteiger partial charge in [-0.15, -0.1) is 0 Å². The SMILES string of the molecule is Cc1ccc(C(C)(C)CNc2ccc(Br)c(C)n2)cc1. The zero-order chi connectivity index (χ0) is 14.8. The average molecular weight is 333 g/mol. The normalized spacial score (nSPS) is 11.4. The molecule has 0 unspecified atom stereocenters. The summed E-state index contributed by atoms with van der Waals surface area (Å²) in [6.07, 6.45) is 0. The molecular formula is C17H21BrN2. The van der Waals surface area contributed by atoms with Crippen molar-refractivity contribution in [1.82, 2.24) is 4.98 Å². The molecule has 2 aromatic rings. The topological polar surface area (TPSA) is 24.9 Å². The van der Waals surface area contributed by atoms with E-state index in [9.17, 15) is 0 Å². The van der Waals surface area contributed by atoms with Crippen molar-refractivity contribution in [3.05, 3.63) is 57.7 Å². The molecule has 106 valence electrons. The van der Waals surface area contributed by atoms with Crippen molar-refractivity contribution in [1.29, 1.82) is 0 Å². The Kier molecular flexibility index (Phi) is 4.48. The van der Waals surface area contributed by atoms with E-state index in [0.717, 1.165) is 22.5 Å². The predicted molar refractivity (Wildman–Crippen MR) is 89.4 cm³/mol. The van der Waals surface area contributed by atoms with Gasteiger partial charge in [0.1, 0.15) is 5.82 Å². The summed E-state index contributed by atoms with van der Waals surface area (Å²) >= 11 is 3.47. The maximum absolute atomic E-state index is 4.53. The molecule has 3 heteroatoms. The van der Waals surface area contributed by atoms with Crippen molar-refractivity contribution in [2.75, 3.05) is 11.9 Å². The molecule has 0 saturated heterocycles. The molecule has 0 spiro atoms. The van der Waals surface area contributed by atoms with Crippen LogP contribution in [0.3, 0.4) is 0 Å². The second-order valence-electron chi connectivity index (χ2n) is 5.87. The molecule has 0 amide bonds. The average Bonchev–Trinajstić information content (AvgIpc) is 2.41. The van der Waals surface area contributed by atoms with Gasteiger partial charge in [0.2, 0.25) is 0 Å². The first-order valence-corrected chi connectivity index (χ1v) is 7.62. The van der Waals surface area contributed by atoms with Crippen LogP contribution in [0.25, 0.3) is 0 Å². The summed E-state index contributed by atoms with van der Waals surface area (Å²) in [7, 11) is 0. The summed E-state index contributed by atoms with van der Waals surface area (Å²) in [5.41, 5.74) is 3.70. The zero-order valence-corrected chi connectivity index (χ0v) is 14.1. The maximum atomic E-state index is 4.53. The third kappa shape index (κ3) is 3.60. The molecule has 20 heavy (non-hydrogen) atoms. The van der Waals surface area contributed by atoms with E-state index in [4.69, 9.17) is 0 Å². The van der Waals surface area contributed by atoms with E-state index >= 15 is 0 Å². The number of hydrogen-bond acceptors (Lipinski definition) is 2. The molecule has 0 bridgehead atoms. The fourth-order valence-corrected chi connectivity index (χ4v) is 2.28. The van der Waals surface area contributed by atoms with Crippen LogP contribution >= 0.6 is 15.9 Å². The quantitative estimate of drug-likeness (QED) is 0.865. The second-order valence-corrected chi connectivity index (χ2v) is 6.72. The Labute approximate surface area is 129 Å². The van der Waals surface area contributed by atoms with E-state index in [1.54, 1.807) is 0 Å². The summed E-state index contributed by atoms with van der Waals surface area (Å²) in [5.74, 6) is 0.922. The number of anilines is 1. The van der Waals surface area contributed by atoms with Gasteiger partial charge in [-0.25, -0.2) is 4.98 Å². The van der Waals surface area contributed by atoms with Crippen molar-refractivity contribution >= 4 is 21.7 Å². The molecule has 0 aliphatic heterocycles. The Morgan fingerprint density at radius 1 is 1.05 bits per heavy atom. The zero-order valence-electron chi connectivity index (χ0n) is 12.5. The van der Waals surface area contributed by atoms with Gasteiger partial charge in [0.05, 0.1) is 5.69 Å².